The minimum Gasteiger partial charge on any atom is -0.507 e. The highest BCUT2D eigenvalue weighted by atomic mass is 16.5. The van der Waals surface area contributed by atoms with Crippen LogP contribution in [0.4, 0.5) is 5.69 Å². The molecule has 5 rings (SSSR count). The fourth-order valence-electron chi connectivity index (χ4n) is 6.48. The number of para-hydroxylation sites is 2. The third-order valence-corrected chi connectivity index (χ3v) is 8.11. The lowest BCUT2D eigenvalue weighted by atomic mass is 9.58. The first-order valence-corrected chi connectivity index (χ1v) is 13.5. The molecule has 0 unspecified atom stereocenters. The summed E-state index contributed by atoms with van der Waals surface area (Å²) in [4.78, 5) is 28.4. The van der Waals surface area contributed by atoms with E-state index >= 15 is 0 Å². The third kappa shape index (κ3) is 4.96. The fourth-order valence-corrected chi connectivity index (χ4v) is 6.48. The number of hydrogen-bond donors (Lipinski definition) is 3. The van der Waals surface area contributed by atoms with Gasteiger partial charge in [-0.2, -0.15) is 0 Å². The van der Waals surface area contributed by atoms with Gasteiger partial charge in [-0.1, -0.05) is 61.4 Å². The molecule has 4 atom stereocenters. The number of rotatable bonds is 8. The van der Waals surface area contributed by atoms with Gasteiger partial charge in [0.2, 0.25) is 11.8 Å². The van der Waals surface area contributed by atoms with Crippen LogP contribution in [0.3, 0.4) is 0 Å². The van der Waals surface area contributed by atoms with Crippen LogP contribution >= 0.6 is 0 Å². The Morgan fingerprint density at radius 3 is 2.50 bits per heavy atom. The Morgan fingerprint density at radius 2 is 1.79 bits per heavy atom. The highest BCUT2D eigenvalue weighted by Crippen LogP contribution is 2.51. The lowest BCUT2D eigenvalue weighted by molar-refractivity contribution is -0.122. The summed E-state index contributed by atoms with van der Waals surface area (Å²) in [5.74, 6) is -1.77. The number of fused-ring (bicyclic) bond motifs is 3. The second-order valence-corrected chi connectivity index (χ2v) is 10.5. The van der Waals surface area contributed by atoms with Gasteiger partial charge in [-0.25, -0.2) is 0 Å². The van der Waals surface area contributed by atoms with Crippen molar-refractivity contribution in [2.45, 2.75) is 51.5 Å². The van der Waals surface area contributed by atoms with Crippen LogP contribution in [0.15, 0.2) is 71.3 Å². The number of imide groups is 1. The molecule has 0 radical (unpaired) electrons. The summed E-state index contributed by atoms with van der Waals surface area (Å²) in [5.41, 5.74) is 4.06. The van der Waals surface area contributed by atoms with Crippen LogP contribution in [0, 0.1) is 17.8 Å². The summed E-state index contributed by atoms with van der Waals surface area (Å²) in [6.07, 6.45) is 5.09. The molecule has 8 heteroatoms. The van der Waals surface area contributed by atoms with Crippen molar-refractivity contribution in [2.75, 3.05) is 11.5 Å². The van der Waals surface area contributed by atoms with Gasteiger partial charge in [0.15, 0.2) is 0 Å². The zero-order valence-corrected chi connectivity index (χ0v) is 21.6. The first-order valence-electron chi connectivity index (χ1n) is 13.5. The van der Waals surface area contributed by atoms with Crippen molar-refractivity contribution < 1.29 is 29.5 Å². The van der Waals surface area contributed by atoms with Gasteiger partial charge in [0.05, 0.1) is 30.2 Å². The third-order valence-electron chi connectivity index (χ3n) is 8.11. The van der Waals surface area contributed by atoms with Gasteiger partial charge in [0, 0.05) is 5.56 Å². The number of amides is 2. The quantitative estimate of drug-likeness (QED) is 0.274. The van der Waals surface area contributed by atoms with Gasteiger partial charge in [0.25, 0.3) is 0 Å². The van der Waals surface area contributed by atoms with Gasteiger partial charge < -0.3 is 19.9 Å². The Bertz CT molecular complexity index is 1260. The number of phenols is 1. The SMILES string of the molecule is CCC/C(=C\c1ccccc1O)CC[C@H]1OB(O)C[C@H]2C1=C(CO)C[C@H]1C(=O)N(c3ccccc3)C(=O)[C@H]12. The van der Waals surface area contributed by atoms with Crippen molar-refractivity contribution in [3.05, 3.63) is 76.9 Å². The Kier molecular flexibility index (Phi) is 7.84. The van der Waals surface area contributed by atoms with Crippen molar-refractivity contribution in [3.63, 3.8) is 0 Å². The van der Waals surface area contributed by atoms with Crippen LogP contribution < -0.4 is 4.90 Å². The van der Waals surface area contributed by atoms with E-state index in [4.69, 9.17) is 4.65 Å². The molecule has 2 heterocycles. The van der Waals surface area contributed by atoms with Gasteiger partial charge in [0.1, 0.15) is 5.75 Å². The van der Waals surface area contributed by atoms with Gasteiger partial charge >= 0.3 is 7.12 Å². The molecule has 7 nitrogen and oxygen atoms in total. The summed E-state index contributed by atoms with van der Waals surface area (Å²) in [6.45, 7) is 1.89. The maximum Gasteiger partial charge on any atom is 0.455 e. The second kappa shape index (κ2) is 11.3. The van der Waals surface area contributed by atoms with Crippen molar-refractivity contribution in [3.8, 4) is 5.75 Å². The number of hydrogen-bond acceptors (Lipinski definition) is 6. The van der Waals surface area contributed by atoms with Crippen molar-refractivity contribution >= 4 is 30.7 Å². The van der Waals surface area contributed by atoms with E-state index in [2.05, 4.69) is 6.92 Å². The Morgan fingerprint density at radius 1 is 1.05 bits per heavy atom. The summed E-state index contributed by atoms with van der Waals surface area (Å²) < 4.78 is 6.01. The maximum absolute atomic E-state index is 13.7. The van der Waals surface area contributed by atoms with E-state index < -0.39 is 25.1 Å². The van der Waals surface area contributed by atoms with Crippen molar-refractivity contribution in [1.29, 1.82) is 0 Å². The molecule has 198 valence electrons. The molecule has 0 bridgehead atoms. The smallest absolute Gasteiger partial charge is 0.455 e. The molecule has 2 aliphatic heterocycles. The van der Waals surface area contributed by atoms with Crippen LogP contribution in [0.25, 0.3) is 6.08 Å². The number of carbonyl (C=O) groups is 2. The van der Waals surface area contributed by atoms with Crippen LogP contribution in [0.2, 0.25) is 6.32 Å². The number of anilines is 1. The minimum atomic E-state index is -1.06. The van der Waals surface area contributed by atoms with Crippen LogP contribution in [0.5, 0.6) is 5.75 Å². The lowest BCUT2D eigenvalue weighted by Crippen LogP contribution is -2.46. The van der Waals surface area contributed by atoms with Gasteiger partial charge in [-0.05, 0) is 67.3 Å². The molecule has 3 N–H and O–H groups in total. The average Bonchev–Trinajstić information content (AvgIpc) is 3.17. The monoisotopic (exact) mass is 515 g/mol. The number of phenolic OH excluding ortho intramolecular Hbond substituents is 1. The number of aromatic hydroxyl groups is 1. The molecular formula is C30H34BNO6. The molecular weight excluding hydrogens is 481 g/mol. The predicted molar refractivity (Wildman–Crippen MR) is 146 cm³/mol. The first-order chi connectivity index (χ1) is 18.4. The Balaban J connectivity index is 1.43. The number of aliphatic hydroxyl groups excluding tert-OH is 1. The van der Waals surface area contributed by atoms with Crippen molar-refractivity contribution in [2.24, 2.45) is 17.8 Å². The molecule has 3 aliphatic rings. The molecule has 2 aromatic carbocycles. The van der Waals surface area contributed by atoms with Gasteiger partial charge in [-0.15, -0.1) is 0 Å². The molecule has 0 aromatic heterocycles. The number of nitrogens with zero attached hydrogens (tertiary/aromatic N) is 1. The summed E-state index contributed by atoms with van der Waals surface area (Å²) in [5, 5.41) is 31.3. The Hall–Kier alpha value is -3.20. The number of benzene rings is 2. The van der Waals surface area contributed by atoms with Crippen molar-refractivity contribution in [1.82, 2.24) is 0 Å². The van der Waals surface area contributed by atoms with E-state index in [-0.39, 0.29) is 36.4 Å². The number of allylic oxidation sites excluding steroid dienone is 1. The molecule has 38 heavy (non-hydrogen) atoms. The van der Waals surface area contributed by atoms with E-state index in [1.165, 1.54) is 4.90 Å². The molecule has 0 saturated carbocycles. The highest BCUT2D eigenvalue weighted by Gasteiger charge is 2.57. The number of carbonyl (C=O) groups excluding carboxylic acids is 2. The molecule has 2 fully saturated rings. The maximum atomic E-state index is 13.7. The van der Waals surface area contributed by atoms with Crippen LogP contribution in [-0.2, 0) is 14.2 Å². The van der Waals surface area contributed by atoms with E-state index in [0.717, 1.165) is 35.1 Å². The molecule has 2 amide bonds. The Labute approximate surface area is 223 Å². The highest BCUT2D eigenvalue weighted by molar-refractivity contribution is 6.43. The molecule has 2 aromatic rings. The number of aliphatic hydroxyl groups is 1. The topological polar surface area (TPSA) is 107 Å². The zero-order chi connectivity index (χ0) is 26.8. The molecule has 0 spiro atoms. The summed E-state index contributed by atoms with van der Waals surface area (Å²) in [7, 11) is -1.06. The summed E-state index contributed by atoms with van der Waals surface area (Å²) >= 11 is 0. The van der Waals surface area contributed by atoms with E-state index in [1.807, 2.05) is 24.3 Å². The standard InChI is InChI=1S/C30H34BNO6/c1-2-8-19(15-20-9-6-7-12-25(20)34)13-14-26-27-21(18-33)16-23-28(24(27)17-31(37)38-26)30(36)32(29(23)35)22-10-4-3-5-11-22/h3-7,9-12,15,23-24,26,28,33-34,37H,2,8,13-14,16-18H2,1H3/b19-15+/t23-,24+,26-,28-/m1/s1. The molecule has 1 aliphatic carbocycles. The lowest BCUT2D eigenvalue weighted by Gasteiger charge is -2.43. The van der Waals surface area contributed by atoms with Gasteiger partial charge in [-0.3, -0.25) is 14.5 Å². The van der Waals surface area contributed by atoms with E-state index in [0.29, 0.717) is 24.9 Å². The predicted octanol–water partition coefficient (Wildman–Crippen LogP) is 4.35. The minimum absolute atomic E-state index is 0.215. The average molecular weight is 515 g/mol. The largest absolute Gasteiger partial charge is 0.507 e. The molecule has 2 saturated heterocycles. The van der Waals surface area contributed by atoms with Crippen LogP contribution in [-0.4, -0.2) is 46.9 Å². The zero-order valence-electron chi connectivity index (χ0n) is 21.6. The van der Waals surface area contributed by atoms with E-state index in [1.54, 1.807) is 36.4 Å². The normalized spacial score (nSPS) is 25.6. The van der Waals surface area contributed by atoms with E-state index in [9.17, 15) is 24.8 Å². The summed E-state index contributed by atoms with van der Waals surface area (Å²) in [6, 6.07) is 16.1. The fraction of sp³-hybridized carbons (Fsp3) is 0.400. The second-order valence-electron chi connectivity index (χ2n) is 10.5. The van der Waals surface area contributed by atoms with Crippen LogP contribution in [0.1, 0.15) is 44.6 Å². The first kappa shape index (κ1) is 26.4.